The molecule has 0 amide bonds. The third-order valence-electron chi connectivity index (χ3n) is 8.58. The number of aromatic nitrogens is 1. The molecule has 0 spiro atoms. The van der Waals surface area contributed by atoms with E-state index in [4.69, 9.17) is 0 Å². The Bertz CT molecular complexity index is 972. The molecule has 3 heterocycles. The zero-order chi connectivity index (χ0) is 22.8. The van der Waals surface area contributed by atoms with Crippen molar-refractivity contribution in [2.24, 2.45) is 0 Å². The number of para-hydroxylation sites is 1. The summed E-state index contributed by atoms with van der Waals surface area (Å²) in [5.74, 6) is -2.18. The van der Waals surface area contributed by atoms with E-state index < -0.39 is 11.8 Å². The summed E-state index contributed by atoms with van der Waals surface area (Å²) in [6, 6.07) is 10.1. The van der Waals surface area contributed by atoms with Crippen LogP contribution in [0.3, 0.4) is 0 Å². The number of rotatable bonds is 4. The third kappa shape index (κ3) is 4.62. The van der Waals surface area contributed by atoms with E-state index >= 15 is 0 Å². The van der Waals surface area contributed by atoms with E-state index in [1.165, 1.54) is 77.0 Å². The molecule has 3 atom stereocenters. The predicted octanol–water partition coefficient (Wildman–Crippen LogP) is 6.36. The summed E-state index contributed by atoms with van der Waals surface area (Å²) >= 11 is 0. The maximum atomic E-state index is 12.4. The lowest BCUT2D eigenvalue weighted by atomic mass is 9.79. The SMILES string of the molecule is O=C(O)C(=O)c1cn([C@@H]2C[C@H]3CCC[C@@H](C2)N3C2CCCCCCCCC2)c2ccccc12. The van der Waals surface area contributed by atoms with Gasteiger partial charge in [0.05, 0.1) is 5.56 Å². The smallest absolute Gasteiger partial charge is 0.377 e. The highest BCUT2D eigenvalue weighted by Crippen LogP contribution is 2.43. The first-order chi connectivity index (χ1) is 16.1. The summed E-state index contributed by atoms with van der Waals surface area (Å²) in [5.41, 5.74) is 1.33. The van der Waals surface area contributed by atoms with Gasteiger partial charge in [-0.2, -0.15) is 0 Å². The van der Waals surface area contributed by atoms with E-state index in [9.17, 15) is 14.7 Å². The van der Waals surface area contributed by atoms with E-state index in [0.29, 0.717) is 23.7 Å². The summed E-state index contributed by atoms with van der Waals surface area (Å²) in [4.78, 5) is 26.8. The summed E-state index contributed by atoms with van der Waals surface area (Å²) in [6.07, 6.45) is 20.3. The van der Waals surface area contributed by atoms with Gasteiger partial charge >= 0.3 is 5.97 Å². The van der Waals surface area contributed by atoms with Gasteiger partial charge in [0.25, 0.3) is 5.78 Å². The van der Waals surface area contributed by atoms with Crippen LogP contribution in [0.1, 0.15) is 106 Å². The number of carboxylic acids is 1. The lowest BCUT2D eigenvalue weighted by Gasteiger charge is -2.53. The highest BCUT2D eigenvalue weighted by atomic mass is 16.4. The lowest BCUT2D eigenvalue weighted by molar-refractivity contribution is -0.131. The fourth-order valence-corrected chi connectivity index (χ4v) is 7.10. The van der Waals surface area contributed by atoms with Gasteiger partial charge in [-0.25, -0.2) is 4.79 Å². The van der Waals surface area contributed by atoms with Crippen LogP contribution < -0.4 is 0 Å². The van der Waals surface area contributed by atoms with Gasteiger partial charge in [-0.05, 0) is 44.6 Å². The molecule has 3 aliphatic rings. The van der Waals surface area contributed by atoms with Crippen LogP contribution in [0, 0.1) is 0 Å². The molecule has 2 bridgehead atoms. The normalized spacial score (nSPS) is 27.9. The van der Waals surface area contributed by atoms with E-state index in [2.05, 4.69) is 9.47 Å². The monoisotopic (exact) mass is 450 g/mol. The number of Topliss-reactive ketones (excluding diaryl/α,β-unsaturated/α-hetero) is 1. The van der Waals surface area contributed by atoms with Crippen molar-refractivity contribution < 1.29 is 14.7 Å². The molecule has 1 saturated carbocycles. The van der Waals surface area contributed by atoms with Crippen molar-refractivity contribution in [1.29, 1.82) is 0 Å². The zero-order valence-electron chi connectivity index (χ0n) is 19.8. The van der Waals surface area contributed by atoms with Crippen LogP contribution in [0.15, 0.2) is 30.5 Å². The van der Waals surface area contributed by atoms with Gasteiger partial charge in [-0.3, -0.25) is 9.69 Å². The molecule has 1 N–H and O–H groups in total. The number of fused-ring (bicyclic) bond motifs is 3. The number of carbonyl (C=O) groups excluding carboxylic acids is 1. The minimum atomic E-state index is -1.37. The van der Waals surface area contributed by atoms with Crippen LogP contribution in [0.25, 0.3) is 10.9 Å². The molecule has 5 heteroatoms. The van der Waals surface area contributed by atoms with Crippen molar-refractivity contribution in [2.75, 3.05) is 0 Å². The van der Waals surface area contributed by atoms with Crippen molar-refractivity contribution in [3.8, 4) is 0 Å². The molecule has 5 nitrogen and oxygen atoms in total. The maximum Gasteiger partial charge on any atom is 0.377 e. The summed E-state index contributed by atoms with van der Waals surface area (Å²) in [5, 5.41) is 10.1. The molecule has 3 fully saturated rings. The van der Waals surface area contributed by atoms with Crippen molar-refractivity contribution in [1.82, 2.24) is 9.47 Å². The number of hydrogen-bond donors (Lipinski definition) is 1. The van der Waals surface area contributed by atoms with Gasteiger partial charge in [-0.1, -0.05) is 69.6 Å². The fraction of sp³-hybridized carbons (Fsp3) is 0.643. The van der Waals surface area contributed by atoms with Gasteiger partial charge in [0.15, 0.2) is 0 Å². The average Bonchev–Trinajstić information content (AvgIpc) is 3.21. The predicted molar refractivity (Wildman–Crippen MR) is 131 cm³/mol. The molecule has 2 aliphatic heterocycles. The maximum absolute atomic E-state index is 12.4. The molecule has 0 unspecified atom stereocenters. The second-order valence-corrected chi connectivity index (χ2v) is 10.6. The summed E-state index contributed by atoms with van der Waals surface area (Å²) in [7, 11) is 0. The Morgan fingerprint density at radius 1 is 0.727 bits per heavy atom. The number of carbonyl (C=O) groups is 2. The van der Waals surface area contributed by atoms with Crippen LogP contribution in [0.5, 0.6) is 0 Å². The standard InChI is InChI=1S/C28H38N2O3/c31-27(28(32)33)25-19-29(26-16-9-8-15-24(25)26)23-17-21-13-10-14-22(18-23)30(21)20-11-6-4-2-1-3-5-7-12-20/h8-9,15-16,19-23H,1-7,10-14,17-18H2,(H,32,33)/t21-,22+,23-. The number of hydrogen-bond acceptors (Lipinski definition) is 3. The highest BCUT2D eigenvalue weighted by molar-refractivity contribution is 6.42. The molecule has 5 rings (SSSR count). The fourth-order valence-electron chi connectivity index (χ4n) is 7.10. The van der Waals surface area contributed by atoms with Crippen LogP contribution in [0.4, 0.5) is 0 Å². The van der Waals surface area contributed by atoms with E-state index in [-0.39, 0.29) is 0 Å². The minimum Gasteiger partial charge on any atom is -0.475 e. The molecular formula is C28H38N2O3. The van der Waals surface area contributed by atoms with Crippen LogP contribution in [-0.4, -0.2) is 44.5 Å². The first-order valence-electron chi connectivity index (χ1n) is 13.3. The molecule has 178 valence electrons. The van der Waals surface area contributed by atoms with Crippen LogP contribution in [-0.2, 0) is 4.79 Å². The first kappa shape index (κ1) is 22.6. The number of benzene rings is 1. The van der Waals surface area contributed by atoms with Gasteiger partial charge < -0.3 is 9.67 Å². The van der Waals surface area contributed by atoms with E-state index in [1.54, 1.807) is 0 Å². The molecule has 0 radical (unpaired) electrons. The topological polar surface area (TPSA) is 62.5 Å². The number of piperidine rings is 2. The molecule has 1 aliphatic carbocycles. The van der Waals surface area contributed by atoms with Crippen LogP contribution >= 0.6 is 0 Å². The van der Waals surface area contributed by atoms with Crippen molar-refractivity contribution in [3.63, 3.8) is 0 Å². The molecular weight excluding hydrogens is 412 g/mol. The van der Waals surface area contributed by atoms with Crippen LogP contribution in [0.2, 0.25) is 0 Å². The number of ketones is 1. The molecule has 2 saturated heterocycles. The highest BCUT2D eigenvalue weighted by Gasteiger charge is 2.42. The number of nitrogens with zero attached hydrogens (tertiary/aromatic N) is 2. The van der Waals surface area contributed by atoms with Crippen molar-refractivity contribution >= 4 is 22.7 Å². The van der Waals surface area contributed by atoms with Gasteiger partial charge in [0, 0.05) is 41.3 Å². The summed E-state index contributed by atoms with van der Waals surface area (Å²) in [6.45, 7) is 0. The lowest BCUT2D eigenvalue weighted by Crippen LogP contribution is -2.56. The van der Waals surface area contributed by atoms with E-state index in [1.807, 2.05) is 30.5 Å². The molecule has 2 aromatic rings. The van der Waals surface area contributed by atoms with Crippen molar-refractivity contribution in [3.05, 3.63) is 36.0 Å². The Morgan fingerprint density at radius 3 is 1.94 bits per heavy atom. The Labute approximate surface area is 197 Å². The van der Waals surface area contributed by atoms with Gasteiger partial charge in [0.1, 0.15) is 0 Å². The Morgan fingerprint density at radius 2 is 1.30 bits per heavy atom. The molecule has 1 aromatic heterocycles. The summed E-state index contributed by atoms with van der Waals surface area (Å²) < 4.78 is 2.24. The quantitative estimate of drug-likeness (QED) is 0.435. The Hall–Kier alpha value is -2.14. The molecule has 33 heavy (non-hydrogen) atoms. The van der Waals surface area contributed by atoms with Gasteiger partial charge in [-0.15, -0.1) is 0 Å². The first-order valence-corrected chi connectivity index (χ1v) is 13.3. The van der Waals surface area contributed by atoms with Gasteiger partial charge in [0.2, 0.25) is 0 Å². The second kappa shape index (κ2) is 10.0. The number of aliphatic carboxylic acids is 1. The Balaban J connectivity index is 1.40. The largest absolute Gasteiger partial charge is 0.475 e. The number of carboxylic acid groups (broad SMARTS) is 1. The zero-order valence-corrected chi connectivity index (χ0v) is 19.8. The Kier molecular flexibility index (Phi) is 6.86. The van der Waals surface area contributed by atoms with Crippen molar-refractivity contribution in [2.45, 2.75) is 114 Å². The second-order valence-electron chi connectivity index (χ2n) is 10.6. The minimum absolute atomic E-state index is 0.330. The molecule has 1 aromatic carbocycles. The van der Waals surface area contributed by atoms with E-state index in [0.717, 1.165) is 29.8 Å². The average molecular weight is 451 g/mol. The third-order valence-corrected chi connectivity index (χ3v) is 8.58.